The summed E-state index contributed by atoms with van der Waals surface area (Å²) in [6.07, 6.45) is 3.42. The molecule has 88 valence electrons. The van der Waals surface area contributed by atoms with Crippen molar-refractivity contribution in [1.29, 1.82) is 0 Å². The van der Waals surface area contributed by atoms with Gasteiger partial charge in [0.05, 0.1) is 11.0 Å². The summed E-state index contributed by atoms with van der Waals surface area (Å²) < 4.78 is 3.90. The number of hydrogen-bond acceptors (Lipinski definition) is 4. The quantitative estimate of drug-likeness (QED) is 0.466. The number of fused-ring (bicyclic) bond motifs is 6. The van der Waals surface area contributed by atoms with Crippen molar-refractivity contribution in [3.05, 3.63) is 35.9 Å². The number of benzene rings is 1. The van der Waals surface area contributed by atoms with E-state index in [1.54, 1.807) is 12.7 Å². The summed E-state index contributed by atoms with van der Waals surface area (Å²) in [6.45, 7) is 4.20. The van der Waals surface area contributed by atoms with Crippen molar-refractivity contribution in [3.63, 3.8) is 0 Å². The molecular weight excluding hydrogens is 228 g/mol. The van der Waals surface area contributed by atoms with Gasteiger partial charge in [0.1, 0.15) is 12.7 Å². The van der Waals surface area contributed by atoms with Crippen LogP contribution in [0.25, 0.3) is 22.3 Å². The number of nitrogens with zero attached hydrogens (tertiary/aromatic N) is 6. The average molecular weight is 238 g/mol. The Balaban J connectivity index is 2.43. The molecule has 0 saturated heterocycles. The number of rotatable bonds is 0. The fraction of sp³-hybridized carbons (Fsp3) is 0.167. The Morgan fingerprint density at radius 1 is 0.778 bits per heavy atom. The van der Waals surface area contributed by atoms with Crippen molar-refractivity contribution in [3.8, 4) is 0 Å². The second-order valence-corrected chi connectivity index (χ2v) is 4.47. The number of aromatic nitrogens is 6. The highest BCUT2D eigenvalue weighted by atomic mass is 15.3. The Labute approximate surface area is 102 Å². The van der Waals surface area contributed by atoms with Gasteiger partial charge in [-0.1, -0.05) is 0 Å². The topological polar surface area (TPSA) is 60.4 Å². The molecule has 0 amide bonds. The maximum absolute atomic E-state index is 4.11. The van der Waals surface area contributed by atoms with E-state index in [0.29, 0.717) is 0 Å². The third-order valence-corrected chi connectivity index (χ3v) is 3.41. The Morgan fingerprint density at radius 2 is 1.22 bits per heavy atom. The molecule has 0 aliphatic heterocycles. The molecule has 4 rings (SSSR count). The van der Waals surface area contributed by atoms with Gasteiger partial charge in [-0.2, -0.15) is 0 Å². The van der Waals surface area contributed by atoms with Gasteiger partial charge in [-0.3, -0.25) is 8.80 Å². The molecule has 0 fully saturated rings. The van der Waals surface area contributed by atoms with E-state index >= 15 is 0 Å². The van der Waals surface area contributed by atoms with Gasteiger partial charge in [0.25, 0.3) is 0 Å². The zero-order valence-electron chi connectivity index (χ0n) is 9.99. The summed E-state index contributed by atoms with van der Waals surface area (Å²) in [5, 5.41) is 16.2. The standard InChI is InChI=1S/C12H10N6/c1-7-3-9-10(4-8(7)2)18-6-14-16-12(18)11-15-13-5-17(9)11/h3-6H,1-2H3. The highest BCUT2D eigenvalue weighted by Crippen LogP contribution is 2.22. The lowest BCUT2D eigenvalue weighted by Crippen LogP contribution is -1.97. The zero-order chi connectivity index (χ0) is 12.3. The third-order valence-electron chi connectivity index (χ3n) is 3.41. The first-order chi connectivity index (χ1) is 8.75. The number of aryl methyl sites for hydroxylation is 2. The Kier molecular flexibility index (Phi) is 1.61. The molecule has 0 saturated carbocycles. The van der Waals surface area contributed by atoms with E-state index in [1.165, 1.54) is 11.1 Å². The van der Waals surface area contributed by atoms with Gasteiger partial charge >= 0.3 is 0 Å². The van der Waals surface area contributed by atoms with Gasteiger partial charge in [-0.15, -0.1) is 20.4 Å². The van der Waals surface area contributed by atoms with E-state index in [-0.39, 0.29) is 0 Å². The maximum Gasteiger partial charge on any atom is 0.206 e. The minimum atomic E-state index is 0.725. The van der Waals surface area contributed by atoms with Crippen molar-refractivity contribution in [1.82, 2.24) is 29.2 Å². The molecule has 1 aromatic carbocycles. The van der Waals surface area contributed by atoms with Crippen LogP contribution in [0.15, 0.2) is 24.8 Å². The molecule has 0 bridgehead atoms. The Morgan fingerprint density at radius 3 is 1.67 bits per heavy atom. The minimum absolute atomic E-state index is 0.725. The summed E-state index contributed by atoms with van der Waals surface area (Å²) in [5.41, 5.74) is 6.05. The minimum Gasteiger partial charge on any atom is -0.277 e. The SMILES string of the molecule is Cc1cc2c(cc1C)n1cnnc1c1nncn21. The molecule has 3 heterocycles. The summed E-state index contributed by atoms with van der Waals surface area (Å²) in [6, 6.07) is 4.28. The van der Waals surface area contributed by atoms with Crippen LogP contribution in [-0.2, 0) is 0 Å². The van der Waals surface area contributed by atoms with E-state index < -0.39 is 0 Å². The summed E-state index contributed by atoms with van der Waals surface area (Å²) in [7, 11) is 0. The zero-order valence-corrected chi connectivity index (χ0v) is 9.99. The van der Waals surface area contributed by atoms with Crippen molar-refractivity contribution < 1.29 is 0 Å². The van der Waals surface area contributed by atoms with Crippen LogP contribution in [0, 0.1) is 13.8 Å². The van der Waals surface area contributed by atoms with Crippen LogP contribution in [0.5, 0.6) is 0 Å². The molecule has 6 heteroatoms. The molecule has 0 spiro atoms. The monoisotopic (exact) mass is 238 g/mol. The van der Waals surface area contributed by atoms with Gasteiger partial charge in [-0.25, -0.2) is 0 Å². The molecule has 4 aromatic rings. The third kappa shape index (κ3) is 1.02. The lowest BCUT2D eigenvalue weighted by Gasteiger charge is -2.08. The first kappa shape index (κ1) is 9.52. The van der Waals surface area contributed by atoms with Crippen molar-refractivity contribution >= 4 is 22.3 Å². The van der Waals surface area contributed by atoms with Crippen LogP contribution in [0.1, 0.15) is 11.1 Å². The molecular formula is C12H10N6. The van der Waals surface area contributed by atoms with Gasteiger partial charge in [0.2, 0.25) is 11.3 Å². The molecule has 3 aromatic heterocycles. The normalized spacial score (nSPS) is 11.9. The van der Waals surface area contributed by atoms with E-state index in [2.05, 4.69) is 46.4 Å². The van der Waals surface area contributed by atoms with Crippen LogP contribution in [-0.4, -0.2) is 29.2 Å². The summed E-state index contributed by atoms with van der Waals surface area (Å²) in [5.74, 6) is 0. The molecule has 0 atom stereocenters. The lowest BCUT2D eigenvalue weighted by atomic mass is 10.1. The van der Waals surface area contributed by atoms with Gasteiger partial charge in [0, 0.05) is 0 Å². The Bertz CT molecular complexity index is 826. The molecule has 0 aliphatic carbocycles. The summed E-state index contributed by atoms with van der Waals surface area (Å²) >= 11 is 0. The van der Waals surface area contributed by atoms with E-state index in [9.17, 15) is 0 Å². The number of hydrogen-bond donors (Lipinski definition) is 0. The van der Waals surface area contributed by atoms with E-state index in [1.807, 2.05) is 8.80 Å². The molecule has 0 N–H and O–H groups in total. The first-order valence-corrected chi connectivity index (χ1v) is 5.68. The van der Waals surface area contributed by atoms with Gasteiger partial charge in [-0.05, 0) is 37.1 Å². The largest absolute Gasteiger partial charge is 0.277 e. The lowest BCUT2D eigenvalue weighted by molar-refractivity contribution is 1.10. The predicted octanol–water partition coefficient (Wildman–Crippen LogP) is 1.54. The van der Waals surface area contributed by atoms with Crippen molar-refractivity contribution in [2.75, 3.05) is 0 Å². The Hall–Kier alpha value is -2.50. The average Bonchev–Trinajstić information content (AvgIpc) is 2.97. The molecule has 0 radical (unpaired) electrons. The second-order valence-electron chi connectivity index (χ2n) is 4.47. The first-order valence-electron chi connectivity index (χ1n) is 5.68. The predicted molar refractivity (Wildman–Crippen MR) is 66.5 cm³/mol. The molecule has 18 heavy (non-hydrogen) atoms. The van der Waals surface area contributed by atoms with E-state index in [0.717, 1.165) is 22.3 Å². The van der Waals surface area contributed by atoms with Gasteiger partial charge in [0.15, 0.2) is 0 Å². The highest BCUT2D eigenvalue weighted by Gasteiger charge is 2.12. The fourth-order valence-corrected chi connectivity index (χ4v) is 2.30. The van der Waals surface area contributed by atoms with Crippen LogP contribution in [0.3, 0.4) is 0 Å². The van der Waals surface area contributed by atoms with Crippen LogP contribution in [0.4, 0.5) is 0 Å². The van der Waals surface area contributed by atoms with E-state index in [4.69, 9.17) is 0 Å². The van der Waals surface area contributed by atoms with Crippen LogP contribution < -0.4 is 0 Å². The molecule has 0 unspecified atom stereocenters. The molecule has 6 nitrogen and oxygen atoms in total. The van der Waals surface area contributed by atoms with Crippen molar-refractivity contribution in [2.24, 2.45) is 0 Å². The van der Waals surface area contributed by atoms with Crippen LogP contribution >= 0.6 is 0 Å². The second kappa shape index (κ2) is 3.04. The van der Waals surface area contributed by atoms with Crippen molar-refractivity contribution in [2.45, 2.75) is 13.8 Å². The van der Waals surface area contributed by atoms with Crippen LogP contribution in [0.2, 0.25) is 0 Å². The van der Waals surface area contributed by atoms with Gasteiger partial charge < -0.3 is 0 Å². The smallest absolute Gasteiger partial charge is 0.206 e. The molecule has 0 aliphatic rings. The summed E-state index contributed by atoms with van der Waals surface area (Å²) in [4.78, 5) is 0. The fourth-order valence-electron chi connectivity index (χ4n) is 2.30. The highest BCUT2D eigenvalue weighted by molar-refractivity contribution is 5.85. The maximum atomic E-state index is 4.11.